The fraction of sp³-hybridized carbons (Fsp3) is 0.292. The zero-order chi connectivity index (χ0) is 21.7. The maximum Gasteiger partial charge on any atom is 0.364 e. The first-order valence-corrected chi connectivity index (χ1v) is 10.6. The van der Waals surface area contributed by atoms with Crippen molar-refractivity contribution >= 4 is 22.8 Å². The zero-order valence-electron chi connectivity index (χ0n) is 18.1. The van der Waals surface area contributed by atoms with Crippen LogP contribution in [0.1, 0.15) is 23.1 Å². The van der Waals surface area contributed by atoms with Gasteiger partial charge in [0.2, 0.25) is 11.2 Å². The van der Waals surface area contributed by atoms with Crippen LogP contribution in [0, 0.1) is 13.8 Å². The molecule has 2 aromatic heterocycles. The van der Waals surface area contributed by atoms with Crippen molar-refractivity contribution in [2.45, 2.75) is 33.4 Å². The van der Waals surface area contributed by atoms with Crippen LogP contribution in [0.4, 0.5) is 11.6 Å². The summed E-state index contributed by atoms with van der Waals surface area (Å²) in [7, 11) is 1.72. The topological polar surface area (TPSA) is 66.9 Å². The zero-order valence-corrected chi connectivity index (χ0v) is 18.1. The molecule has 1 N–H and O–H groups in total. The summed E-state index contributed by atoms with van der Waals surface area (Å²) in [5.41, 5.74) is 4.82. The molecule has 2 aromatic carbocycles. The molecule has 0 unspecified atom stereocenters. The quantitative estimate of drug-likeness (QED) is 0.522. The molecule has 7 nitrogen and oxygen atoms in total. The molecule has 158 valence electrons. The first-order valence-electron chi connectivity index (χ1n) is 10.6. The molecule has 0 atom stereocenters. The van der Waals surface area contributed by atoms with Gasteiger partial charge in [-0.2, -0.15) is 0 Å². The average Bonchev–Trinajstić information content (AvgIpc) is 3.15. The number of aryl methyl sites for hydroxylation is 4. The van der Waals surface area contributed by atoms with Crippen molar-refractivity contribution in [1.29, 1.82) is 0 Å². The number of aromatic amines is 1. The minimum absolute atomic E-state index is 0.255. The Morgan fingerprint density at radius 3 is 2.52 bits per heavy atom. The van der Waals surface area contributed by atoms with E-state index in [9.17, 15) is 9.59 Å². The van der Waals surface area contributed by atoms with E-state index in [1.54, 1.807) is 11.6 Å². The maximum atomic E-state index is 13.5. The lowest BCUT2D eigenvalue weighted by atomic mass is 10.1. The number of H-pyrrole nitrogens is 1. The highest BCUT2D eigenvalue weighted by Gasteiger charge is 2.33. The summed E-state index contributed by atoms with van der Waals surface area (Å²) in [4.78, 5) is 32.2. The predicted molar refractivity (Wildman–Crippen MR) is 121 cm³/mol. The molecule has 0 fully saturated rings. The van der Waals surface area contributed by atoms with Crippen LogP contribution in [0.25, 0.3) is 11.2 Å². The summed E-state index contributed by atoms with van der Waals surface area (Å²) in [5.74, 6) is 0.840. The molecule has 0 amide bonds. The number of imidazole rings is 1. The fourth-order valence-electron chi connectivity index (χ4n) is 4.52. The van der Waals surface area contributed by atoms with E-state index >= 15 is 0 Å². The standard InChI is InChI=1S/C24H25N5O2/c1-16-7-4-9-18(13-16)15-29-22(30)20-21(26(3)24(29)31)25-23-27(11-6-12-28(20)23)19-10-5-8-17(2)14-19/h4-5,7-10,13-14H,6,11-12,15H2,1-3H3/p+1. The number of hydrogen-bond acceptors (Lipinski definition) is 3. The van der Waals surface area contributed by atoms with Crippen LogP contribution in [0.3, 0.4) is 0 Å². The van der Waals surface area contributed by atoms with Gasteiger partial charge in [0, 0.05) is 13.5 Å². The minimum Gasteiger partial charge on any atom is -0.267 e. The molecular formula is C24H26N5O2+. The number of nitrogens with zero attached hydrogens (tertiary/aromatic N) is 4. The lowest BCUT2D eigenvalue weighted by molar-refractivity contribution is -0.663. The number of anilines is 2. The van der Waals surface area contributed by atoms with Gasteiger partial charge >= 0.3 is 11.6 Å². The Labute approximate surface area is 179 Å². The summed E-state index contributed by atoms with van der Waals surface area (Å²) < 4.78 is 4.91. The third-order valence-corrected chi connectivity index (χ3v) is 6.04. The summed E-state index contributed by atoms with van der Waals surface area (Å²) in [6, 6.07) is 16.2. The lowest BCUT2D eigenvalue weighted by Crippen LogP contribution is -2.49. The van der Waals surface area contributed by atoms with Crippen molar-refractivity contribution < 1.29 is 4.57 Å². The number of hydrogen-bond donors (Lipinski definition) is 1. The van der Waals surface area contributed by atoms with Crippen molar-refractivity contribution in [1.82, 2.24) is 14.1 Å². The highest BCUT2D eigenvalue weighted by atomic mass is 16.2. The Morgan fingerprint density at radius 2 is 1.77 bits per heavy atom. The van der Waals surface area contributed by atoms with E-state index in [1.807, 2.05) is 41.8 Å². The molecule has 1 aliphatic heterocycles. The molecule has 31 heavy (non-hydrogen) atoms. The number of aromatic nitrogens is 4. The molecule has 1 aliphatic rings. The second-order valence-corrected chi connectivity index (χ2v) is 8.36. The van der Waals surface area contributed by atoms with Crippen molar-refractivity contribution in [3.8, 4) is 0 Å². The first kappa shape index (κ1) is 19.4. The van der Waals surface area contributed by atoms with Gasteiger partial charge in [-0.1, -0.05) is 42.0 Å². The van der Waals surface area contributed by atoms with Crippen LogP contribution in [-0.4, -0.2) is 20.7 Å². The number of rotatable bonds is 3. The molecule has 0 saturated heterocycles. The van der Waals surface area contributed by atoms with Crippen molar-refractivity contribution in [3.63, 3.8) is 0 Å². The van der Waals surface area contributed by atoms with Crippen LogP contribution in [0.5, 0.6) is 0 Å². The van der Waals surface area contributed by atoms with Gasteiger partial charge in [0.25, 0.3) is 5.56 Å². The normalized spacial score (nSPS) is 13.6. The van der Waals surface area contributed by atoms with Crippen molar-refractivity contribution in [3.05, 3.63) is 86.1 Å². The van der Waals surface area contributed by atoms with E-state index in [0.29, 0.717) is 11.2 Å². The van der Waals surface area contributed by atoms with E-state index in [-0.39, 0.29) is 17.8 Å². The van der Waals surface area contributed by atoms with Gasteiger partial charge in [0.1, 0.15) is 5.69 Å². The summed E-state index contributed by atoms with van der Waals surface area (Å²) in [6.07, 6.45) is 0.915. The van der Waals surface area contributed by atoms with E-state index in [4.69, 9.17) is 0 Å². The van der Waals surface area contributed by atoms with Gasteiger partial charge in [-0.25, -0.2) is 19.2 Å². The van der Waals surface area contributed by atoms with Crippen LogP contribution in [0.15, 0.2) is 58.1 Å². The van der Waals surface area contributed by atoms with Gasteiger partial charge in [-0.15, -0.1) is 0 Å². The van der Waals surface area contributed by atoms with Gasteiger partial charge in [-0.3, -0.25) is 13.9 Å². The molecule has 5 rings (SSSR count). The largest absolute Gasteiger partial charge is 0.364 e. The summed E-state index contributed by atoms with van der Waals surface area (Å²) in [5, 5.41) is 0. The Bertz CT molecular complexity index is 1430. The highest BCUT2D eigenvalue weighted by molar-refractivity contribution is 5.70. The Hall–Kier alpha value is -3.61. The lowest BCUT2D eigenvalue weighted by Gasteiger charge is -2.22. The van der Waals surface area contributed by atoms with E-state index in [0.717, 1.165) is 42.3 Å². The summed E-state index contributed by atoms with van der Waals surface area (Å²) in [6.45, 7) is 5.91. The van der Waals surface area contributed by atoms with Gasteiger partial charge < -0.3 is 0 Å². The SMILES string of the molecule is Cc1cccc(Cn2c(=O)c3c([nH]c4[n+]3CCCN4c3cccc(C)c3)n(C)c2=O)c1. The van der Waals surface area contributed by atoms with Crippen LogP contribution in [0.2, 0.25) is 0 Å². The van der Waals surface area contributed by atoms with Crippen molar-refractivity contribution in [2.24, 2.45) is 7.05 Å². The Morgan fingerprint density at radius 1 is 1.03 bits per heavy atom. The third kappa shape index (κ3) is 3.17. The molecule has 0 bridgehead atoms. The molecule has 0 aliphatic carbocycles. The van der Waals surface area contributed by atoms with E-state index in [2.05, 4.69) is 35.0 Å². The monoisotopic (exact) mass is 416 g/mol. The molecule has 0 spiro atoms. The molecule has 3 heterocycles. The van der Waals surface area contributed by atoms with Crippen LogP contribution < -0.4 is 20.7 Å². The fourth-order valence-corrected chi connectivity index (χ4v) is 4.52. The highest BCUT2D eigenvalue weighted by Crippen LogP contribution is 2.26. The van der Waals surface area contributed by atoms with Gasteiger partial charge in [0.15, 0.2) is 0 Å². The van der Waals surface area contributed by atoms with E-state index < -0.39 is 0 Å². The van der Waals surface area contributed by atoms with Crippen LogP contribution in [-0.2, 0) is 20.1 Å². The van der Waals surface area contributed by atoms with Gasteiger partial charge in [-0.05, 0) is 37.1 Å². The van der Waals surface area contributed by atoms with E-state index in [1.165, 1.54) is 10.1 Å². The number of nitrogens with one attached hydrogen (secondary N) is 1. The molecule has 0 saturated carbocycles. The number of fused-ring (bicyclic) bond motifs is 3. The van der Waals surface area contributed by atoms with Gasteiger partial charge in [0.05, 0.1) is 19.6 Å². The minimum atomic E-state index is -0.319. The molecule has 7 heteroatoms. The van der Waals surface area contributed by atoms with Crippen LogP contribution >= 0.6 is 0 Å². The average molecular weight is 417 g/mol. The third-order valence-electron chi connectivity index (χ3n) is 6.04. The molecule has 0 radical (unpaired) electrons. The predicted octanol–water partition coefficient (Wildman–Crippen LogP) is 2.52. The summed E-state index contributed by atoms with van der Waals surface area (Å²) >= 11 is 0. The Balaban J connectivity index is 1.71. The first-order chi connectivity index (χ1) is 14.9. The molecule has 4 aromatic rings. The second kappa shape index (κ2) is 7.27. The number of benzene rings is 2. The molecular weight excluding hydrogens is 390 g/mol. The Kier molecular flexibility index (Phi) is 4.54. The van der Waals surface area contributed by atoms with Crippen molar-refractivity contribution in [2.75, 3.05) is 11.4 Å². The smallest absolute Gasteiger partial charge is 0.267 e. The second-order valence-electron chi connectivity index (χ2n) is 8.36. The maximum absolute atomic E-state index is 13.5.